The molecule has 0 radical (unpaired) electrons. The molecule has 2 aromatic heterocycles. The van der Waals surface area contributed by atoms with Crippen LogP contribution in [0.1, 0.15) is 112 Å². The van der Waals surface area contributed by atoms with E-state index < -0.39 is 96.8 Å². The SMILES string of the molecule is C/C(=C\CC[C@@H](C)[C@H]1CC[C@H]2[C@@H]3[C@H](O)C[C@@H]4C[C@H](O)CC[C@]4(C)[C@H]3C[C@H](O)[C@]12C)C(=O)SCCNC(=O)CCNC(=O)[C@H](O)C(C)(C)COP(=O)(O)OP(=O)(O)OC[C@H]1O[C@@H](n2cnc3c(N)ncnc32)C(O)[C@H]1OP(=O)(O)O. The summed E-state index contributed by atoms with van der Waals surface area (Å²) in [7, 11) is -16.5. The summed E-state index contributed by atoms with van der Waals surface area (Å²) in [6.45, 7) is 8.93. The van der Waals surface area contributed by atoms with Crippen LogP contribution >= 0.6 is 35.2 Å². The van der Waals surface area contributed by atoms with E-state index in [1.54, 1.807) is 6.92 Å². The number of carbonyl (C=O) groups excluding carboxylic acids is 3. The molecular weight excluding hydrogens is 1120 g/mol. The number of aromatic nitrogens is 4. The molecule has 13 N–H and O–H groups in total. The summed E-state index contributed by atoms with van der Waals surface area (Å²) in [5, 5.41) is 60.6. The molecule has 79 heavy (non-hydrogen) atoms. The van der Waals surface area contributed by atoms with Crippen LogP contribution in [-0.4, -0.2) is 156 Å². The maximum Gasteiger partial charge on any atom is 0.481 e. The minimum Gasteiger partial charge on any atom is -0.393 e. The third kappa shape index (κ3) is 14.6. The number of phosphoric ester groups is 3. The first-order valence-electron chi connectivity index (χ1n) is 26.6. The van der Waals surface area contributed by atoms with Gasteiger partial charge >= 0.3 is 23.5 Å². The number of ether oxygens (including phenoxy) is 1. The van der Waals surface area contributed by atoms with Crippen molar-refractivity contribution < 1.29 is 95.8 Å². The molecule has 5 fully saturated rings. The minimum atomic E-state index is -5.61. The number of rotatable bonds is 24. The van der Waals surface area contributed by atoms with Crippen molar-refractivity contribution in [3.8, 4) is 0 Å². The van der Waals surface area contributed by atoms with E-state index in [4.69, 9.17) is 19.5 Å². The van der Waals surface area contributed by atoms with Gasteiger partial charge in [0.05, 0.1) is 37.9 Å². The molecule has 0 bridgehead atoms. The predicted molar refractivity (Wildman–Crippen MR) is 283 cm³/mol. The lowest BCUT2D eigenvalue weighted by atomic mass is 9.43. The fourth-order valence-electron chi connectivity index (χ4n) is 13.4. The zero-order valence-corrected chi connectivity index (χ0v) is 48.6. The van der Waals surface area contributed by atoms with Crippen LogP contribution in [0.15, 0.2) is 24.3 Å². The molecule has 5 aliphatic rings. The summed E-state index contributed by atoms with van der Waals surface area (Å²) < 4.78 is 62.8. The number of nitrogens with two attached hydrogens (primary N) is 1. The first-order valence-corrected chi connectivity index (χ1v) is 32.1. The monoisotopic (exact) mass is 1200 g/mol. The molecule has 1 aliphatic heterocycles. The zero-order chi connectivity index (χ0) is 58.2. The molecule has 2 aromatic rings. The van der Waals surface area contributed by atoms with Gasteiger partial charge in [0.1, 0.15) is 36.3 Å². The van der Waals surface area contributed by atoms with Crippen LogP contribution in [0, 0.1) is 51.8 Å². The Bertz CT molecular complexity index is 2700. The highest BCUT2D eigenvalue weighted by atomic mass is 32.2. The van der Waals surface area contributed by atoms with Crippen LogP contribution in [0.25, 0.3) is 11.2 Å². The number of phosphoric acid groups is 3. The first-order chi connectivity index (χ1) is 36.8. The van der Waals surface area contributed by atoms with Crippen LogP contribution in [0.3, 0.4) is 0 Å². The van der Waals surface area contributed by atoms with Crippen LogP contribution < -0.4 is 16.4 Å². The topological polar surface area (TPSA) is 424 Å². The Labute approximate surface area is 462 Å². The van der Waals surface area contributed by atoms with Crippen molar-refractivity contribution in [2.45, 2.75) is 155 Å². The molecule has 3 heterocycles. The van der Waals surface area contributed by atoms with Crippen molar-refractivity contribution >= 4 is 69.1 Å². The van der Waals surface area contributed by atoms with Crippen LogP contribution in [0.4, 0.5) is 5.82 Å². The Morgan fingerprint density at radius 1 is 0.975 bits per heavy atom. The highest BCUT2D eigenvalue weighted by Gasteiger charge is 2.66. The fourth-order valence-corrected chi connectivity index (χ4v) is 16.9. The van der Waals surface area contributed by atoms with Crippen LogP contribution in [0.5, 0.6) is 0 Å². The normalized spacial score (nSPS) is 34.4. The molecule has 446 valence electrons. The fraction of sp³-hybridized carbons (Fsp3) is 0.792. The average Bonchev–Trinajstić information content (AvgIpc) is 3.87. The lowest BCUT2D eigenvalue weighted by molar-refractivity contribution is -0.207. The van der Waals surface area contributed by atoms with E-state index >= 15 is 0 Å². The first kappa shape index (κ1) is 63.8. The Morgan fingerprint density at radius 3 is 2.39 bits per heavy atom. The van der Waals surface area contributed by atoms with Crippen molar-refractivity contribution in [2.24, 2.45) is 51.8 Å². The second kappa shape index (κ2) is 25.2. The van der Waals surface area contributed by atoms with Gasteiger partial charge in [0.25, 0.3) is 0 Å². The van der Waals surface area contributed by atoms with E-state index in [1.165, 1.54) is 13.8 Å². The number of carbonyl (C=O) groups is 3. The third-order valence-electron chi connectivity index (χ3n) is 17.7. The Morgan fingerprint density at radius 2 is 1.68 bits per heavy atom. The highest BCUT2D eigenvalue weighted by molar-refractivity contribution is 8.14. The van der Waals surface area contributed by atoms with Gasteiger partial charge in [0.2, 0.25) is 16.9 Å². The Balaban J connectivity index is 0.781. The number of hydrogen-bond donors (Lipinski definition) is 12. The molecular formula is C48H78N7O20P3S. The maximum atomic E-state index is 13.0. The highest BCUT2D eigenvalue weighted by Crippen LogP contribution is 2.68. The van der Waals surface area contributed by atoms with E-state index in [0.717, 1.165) is 67.5 Å². The summed E-state index contributed by atoms with van der Waals surface area (Å²) in [6, 6.07) is 0. The summed E-state index contributed by atoms with van der Waals surface area (Å²) in [5.41, 5.74) is 4.54. The van der Waals surface area contributed by atoms with Gasteiger partial charge in [-0.05, 0) is 117 Å². The molecule has 0 aromatic carbocycles. The summed E-state index contributed by atoms with van der Waals surface area (Å²) in [5.74, 6) is 0.199. The molecule has 2 amide bonds. The molecule has 0 spiro atoms. The largest absolute Gasteiger partial charge is 0.481 e. The molecule has 1 saturated heterocycles. The van der Waals surface area contributed by atoms with E-state index in [9.17, 15) is 73.2 Å². The molecule has 4 aliphatic carbocycles. The van der Waals surface area contributed by atoms with Crippen LogP contribution in [0.2, 0.25) is 0 Å². The lowest BCUT2D eigenvalue weighted by Crippen LogP contribution is -2.62. The smallest absolute Gasteiger partial charge is 0.393 e. The number of anilines is 1. The van der Waals surface area contributed by atoms with E-state index in [0.29, 0.717) is 24.8 Å². The molecule has 31 heteroatoms. The number of nitrogens with one attached hydrogen (secondary N) is 2. The number of aliphatic hydroxyl groups excluding tert-OH is 5. The van der Waals surface area contributed by atoms with Gasteiger partial charge in [0, 0.05) is 30.7 Å². The number of thioether (sulfide) groups is 1. The number of hydrogen-bond acceptors (Lipinski definition) is 21. The second-order valence-electron chi connectivity index (χ2n) is 23.2. The van der Waals surface area contributed by atoms with E-state index in [2.05, 4.69) is 55.2 Å². The standard InChI is InChI=1S/C48H78N7O20P3S/c1-25(29-10-11-30-36-31(20-34(58)48(29,30)6)47(5)14-12-28(56)18-27(47)19-32(36)57)8-7-9-26(2)45(63)79-17-16-50-35(59)13-15-51-43(62)40(61)46(3,4)22-72-78(69,70)75-77(67,68)71-21-33-39(74-76(64,65)66)38(60)44(73-33)55-24-54-37-41(49)52-23-53-42(37)55/h9,23-25,27-34,36,38-40,44,56-58,60-61H,7-8,10-22H2,1-6H3,(H,50,59)(H,51,62)(H,67,68)(H,69,70)(H2,49,52,53)(H2,64,65,66)/b26-9+/t25-,27+,28-,29-,30+,31+,32-,33-,34+,36+,38?,39+,40+,44-,47+,48-/m1/s1. The average molecular weight is 1200 g/mol. The summed E-state index contributed by atoms with van der Waals surface area (Å²) >= 11 is 1.06. The number of fused-ring (bicyclic) bond motifs is 6. The van der Waals surface area contributed by atoms with Gasteiger partial charge in [-0.25, -0.2) is 28.6 Å². The zero-order valence-electron chi connectivity index (χ0n) is 45.1. The van der Waals surface area contributed by atoms with Crippen molar-refractivity contribution in [3.63, 3.8) is 0 Å². The van der Waals surface area contributed by atoms with Crippen molar-refractivity contribution in [3.05, 3.63) is 24.3 Å². The number of amides is 2. The molecule has 27 nitrogen and oxygen atoms in total. The Kier molecular flexibility index (Phi) is 20.3. The number of imidazole rings is 1. The molecule has 4 saturated carbocycles. The van der Waals surface area contributed by atoms with E-state index in [1.807, 2.05) is 6.08 Å². The van der Waals surface area contributed by atoms with Crippen molar-refractivity contribution in [1.29, 1.82) is 0 Å². The maximum absolute atomic E-state index is 13.0. The van der Waals surface area contributed by atoms with Crippen molar-refractivity contribution in [1.82, 2.24) is 30.2 Å². The molecule has 3 unspecified atom stereocenters. The minimum absolute atomic E-state index is 0.00939. The Hall–Kier alpha value is -2.82. The van der Waals surface area contributed by atoms with E-state index in [-0.39, 0.29) is 99.8 Å². The second-order valence-corrected chi connectivity index (χ2v) is 28.5. The van der Waals surface area contributed by atoms with Crippen molar-refractivity contribution in [2.75, 3.05) is 37.8 Å². The molecule has 7 rings (SSSR count). The third-order valence-corrected chi connectivity index (χ3v) is 21.7. The summed E-state index contributed by atoms with van der Waals surface area (Å²) in [6.07, 6.45) is 0.951. The number of aliphatic hydroxyl groups is 5. The lowest BCUT2D eigenvalue weighted by Gasteiger charge is -2.63. The van der Waals surface area contributed by atoms with Gasteiger partial charge in [-0.2, -0.15) is 4.31 Å². The molecule has 18 atom stereocenters. The predicted octanol–water partition coefficient (Wildman–Crippen LogP) is 2.99. The van der Waals surface area contributed by atoms with Gasteiger partial charge in [-0.15, -0.1) is 0 Å². The number of nitrogens with zero attached hydrogens (tertiary/aromatic N) is 4. The van der Waals surface area contributed by atoms with Gasteiger partial charge < -0.3 is 66.2 Å². The quantitative estimate of drug-likeness (QED) is 0.0408. The van der Waals surface area contributed by atoms with Gasteiger partial charge in [-0.3, -0.25) is 32.5 Å². The summed E-state index contributed by atoms with van der Waals surface area (Å²) in [4.78, 5) is 89.8. The number of nitrogen functional groups attached to an aromatic ring is 1. The van der Waals surface area contributed by atoms with Gasteiger partial charge in [0.15, 0.2) is 17.7 Å². The van der Waals surface area contributed by atoms with Crippen LogP contribution in [-0.2, 0) is 50.7 Å². The number of allylic oxidation sites excluding steroid dienone is 1. The van der Waals surface area contributed by atoms with Gasteiger partial charge in [-0.1, -0.05) is 52.5 Å².